The van der Waals surface area contributed by atoms with E-state index in [-0.39, 0.29) is 5.69 Å². The van der Waals surface area contributed by atoms with Crippen molar-refractivity contribution in [3.8, 4) is 6.07 Å². The molecule has 20 heavy (non-hydrogen) atoms. The lowest BCUT2D eigenvalue weighted by atomic mass is 10.3. The topological polar surface area (TPSA) is 110 Å². The first-order chi connectivity index (χ1) is 9.70. The number of rotatable bonds is 2. The molecular formula is C11H10N6O3. The number of hydrogen-bond donors (Lipinski definition) is 0. The van der Waals surface area contributed by atoms with Gasteiger partial charge in [0, 0.05) is 13.1 Å². The average Bonchev–Trinajstić information content (AvgIpc) is 2.85. The Morgan fingerprint density at radius 1 is 1.45 bits per heavy atom. The lowest BCUT2D eigenvalue weighted by molar-refractivity contribution is -0.385. The molecule has 2 aromatic heterocycles. The van der Waals surface area contributed by atoms with E-state index in [0.29, 0.717) is 43.3 Å². The fraction of sp³-hybridized carbons (Fsp3) is 0.364. The summed E-state index contributed by atoms with van der Waals surface area (Å²) in [5, 5.41) is 24.3. The first kappa shape index (κ1) is 12.3. The smallest absolute Gasteiger partial charge is 0.305 e. The van der Waals surface area contributed by atoms with Crippen molar-refractivity contribution in [2.45, 2.75) is 0 Å². The second-order valence-electron chi connectivity index (χ2n) is 4.25. The highest BCUT2D eigenvalue weighted by Crippen LogP contribution is 2.24. The zero-order valence-electron chi connectivity index (χ0n) is 10.4. The normalized spacial score (nSPS) is 15.2. The second-order valence-corrected chi connectivity index (χ2v) is 4.25. The predicted molar refractivity (Wildman–Crippen MR) is 67.4 cm³/mol. The van der Waals surface area contributed by atoms with Gasteiger partial charge in [-0.1, -0.05) is 0 Å². The number of nitriles is 1. The molecule has 1 aliphatic heterocycles. The molecule has 0 radical (unpaired) electrons. The molecule has 1 fully saturated rings. The van der Waals surface area contributed by atoms with Crippen molar-refractivity contribution < 1.29 is 9.66 Å². The van der Waals surface area contributed by atoms with E-state index in [4.69, 9.17) is 4.74 Å². The van der Waals surface area contributed by atoms with Gasteiger partial charge in [0.2, 0.25) is 0 Å². The van der Waals surface area contributed by atoms with Gasteiger partial charge < -0.3 is 9.64 Å². The van der Waals surface area contributed by atoms with Crippen LogP contribution in [0.2, 0.25) is 0 Å². The van der Waals surface area contributed by atoms with E-state index in [1.807, 2.05) is 4.90 Å². The molecule has 0 N–H and O–H groups in total. The second kappa shape index (κ2) is 4.75. The SMILES string of the molecule is N#Cc1c(N2CCOCC2)nn2cc([N+](=O)[O-])cnc12. The number of aromatic nitrogens is 3. The van der Waals surface area contributed by atoms with Crippen molar-refractivity contribution >= 4 is 17.2 Å². The monoisotopic (exact) mass is 274 g/mol. The Morgan fingerprint density at radius 2 is 2.20 bits per heavy atom. The zero-order valence-corrected chi connectivity index (χ0v) is 10.4. The number of nitro groups is 1. The lowest BCUT2D eigenvalue weighted by Gasteiger charge is -2.26. The summed E-state index contributed by atoms with van der Waals surface area (Å²) in [6.45, 7) is 2.37. The third-order valence-electron chi connectivity index (χ3n) is 3.07. The minimum absolute atomic E-state index is 0.169. The van der Waals surface area contributed by atoms with Crippen LogP contribution in [-0.2, 0) is 4.74 Å². The summed E-state index contributed by atoms with van der Waals surface area (Å²) in [7, 11) is 0. The molecular weight excluding hydrogens is 264 g/mol. The van der Waals surface area contributed by atoms with Crippen LogP contribution in [0.25, 0.3) is 5.65 Å². The average molecular weight is 274 g/mol. The maximum atomic E-state index is 10.7. The molecule has 9 heteroatoms. The summed E-state index contributed by atoms with van der Waals surface area (Å²) in [5.41, 5.74) is 0.472. The molecule has 1 aliphatic rings. The molecule has 0 unspecified atom stereocenters. The van der Waals surface area contributed by atoms with Crippen molar-refractivity contribution in [2.24, 2.45) is 0 Å². The van der Waals surface area contributed by atoms with Crippen LogP contribution in [-0.4, -0.2) is 45.8 Å². The molecule has 0 atom stereocenters. The van der Waals surface area contributed by atoms with E-state index in [9.17, 15) is 15.4 Å². The molecule has 0 bridgehead atoms. The maximum absolute atomic E-state index is 10.7. The van der Waals surface area contributed by atoms with Gasteiger partial charge in [-0.25, -0.2) is 9.50 Å². The quantitative estimate of drug-likeness (QED) is 0.573. The van der Waals surface area contributed by atoms with Crippen LogP contribution in [0.1, 0.15) is 5.56 Å². The van der Waals surface area contributed by atoms with Gasteiger partial charge in [-0.15, -0.1) is 5.10 Å². The number of ether oxygens (including phenoxy) is 1. The maximum Gasteiger partial charge on any atom is 0.305 e. The highest BCUT2D eigenvalue weighted by Gasteiger charge is 2.22. The first-order valence-corrected chi connectivity index (χ1v) is 5.96. The van der Waals surface area contributed by atoms with Gasteiger partial charge in [-0.05, 0) is 0 Å². The Balaban J connectivity index is 2.12. The van der Waals surface area contributed by atoms with E-state index < -0.39 is 4.92 Å². The summed E-state index contributed by atoms with van der Waals surface area (Å²) in [5.74, 6) is 0.490. The molecule has 0 aliphatic carbocycles. The van der Waals surface area contributed by atoms with E-state index in [0.717, 1.165) is 6.20 Å². The van der Waals surface area contributed by atoms with E-state index in [1.165, 1.54) is 10.7 Å². The minimum atomic E-state index is -0.547. The molecule has 9 nitrogen and oxygen atoms in total. The van der Waals surface area contributed by atoms with Gasteiger partial charge >= 0.3 is 5.69 Å². The Labute approximate surface area is 113 Å². The van der Waals surface area contributed by atoms with E-state index in [2.05, 4.69) is 16.2 Å². The summed E-state index contributed by atoms with van der Waals surface area (Å²) in [6.07, 6.45) is 2.38. The molecule has 1 saturated heterocycles. The standard InChI is InChI=1S/C11H10N6O3/c12-5-9-10-13-6-8(17(18)19)7-16(10)14-11(9)15-1-3-20-4-2-15/h6-7H,1-4H2. The van der Waals surface area contributed by atoms with Gasteiger partial charge in [0.15, 0.2) is 11.5 Å². The molecule has 0 spiro atoms. The van der Waals surface area contributed by atoms with Gasteiger partial charge in [-0.3, -0.25) is 10.1 Å². The minimum Gasteiger partial charge on any atom is -0.378 e. The van der Waals surface area contributed by atoms with Crippen molar-refractivity contribution in [1.29, 1.82) is 5.26 Å². The molecule has 3 heterocycles. The highest BCUT2D eigenvalue weighted by molar-refractivity contribution is 5.69. The van der Waals surface area contributed by atoms with Crippen molar-refractivity contribution in [2.75, 3.05) is 31.2 Å². The third-order valence-corrected chi connectivity index (χ3v) is 3.07. The Hall–Kier alpha value is -2.73. The lowest BCUT2D eigenvalue weighted by Crippen LogP contribution is -2.36. The fourth-order valence-corrected chi connectivity index (χ4v) is 2.10. The Kier molecular flexibility index (Phi) is 2.92. The van der Waals surface area contributed by atoms with Crippen molar-refractivity contribution in [3.05, 3.63) is 28.1 Å². The fourth-order valence-electron chi connectivity index (χ4n) is 2.10. The summed E-state index contributed by atoms with van der Waals surface area (Å²) in [4.78, 5) is 16.1. The van der Waals surface area contributed by atoms with Gasteiger partial charge in [-0.2, -0.15) is 5.26 Å². The largest absolute Gasteiger partial charge is 0.378 e. The molecule has 102 valence electrons. The van der Waals surface area contributed by atoms with Crippen LogP contribution in [0.5, 0.6) is 0 Å². The van der Waals surface area contributed by atoms with Crippen LogP contribution in [0.4, 0.5) is 11.5 Å². The van der Waals surface area contributed by atoms with Gasteiger partial charge in [0.05, 0.1) is 18.1 Å². The van der Waals surface area contributed by atoms with E-state index >= 15 is 0 Å². The number of fused-ring (bicyclic) bond motifs is 1. The number of nitrogens with zero attached hydrogens (tertiary/aromatic N) is 6. The molecule has 0 amide bonds. The highest BCUT2D eigenvalue weighted by atomic mass is 16.6. The number of hydrogen-bond acceptors (Lipinski definition) is 7. The summed E-state index contributed by atoms with van der Waals surface area (Å²) < 4.78 is 6.53. The van der Waals surface area contributed by atoms with Crippen LogP contribution in [0.3, 0.4) is 0 Å². The van der Waals surface area contributed by atoms with Crippen molar-refractivity contribution in [1.82, 2.24) is 14.6 Å². The Morgan fingerprint density at radius 3 is 2.85 bits per heavy atom. The number of anilines is 1. The van der Waals surface area contributed by atoms with E-state index in [1.54, 1.807) is 0 Å². The summed E-state index contributed by atoms with van der Waals surface area (Å²) >= 11 is 0. The van der Waals surface area contributed by atoms with Crippen LogP contribution < -0.4 is 4.90 Å². The van der Waals surface area contributed by atoms with Gasteiger partial charge in [0.25, 0.3) is 0 Å². The molecule has 0 saturated carbocycles. The van der Waals surface area contributed by atoms with Crippen molar-refractivity contribution in [3.63, 3.8) is 0 Å². The third kappa shape index (κ3) is 1.92. The predicted octanol–water partition coefficient (Wildman–Crippen LogP) is 0.346. The first-order valence-electron chi connectivity index (χ1n) is 5.96. The van der Waals surface area contributed by atoms with Crippen LogP contribution in [0, 0.1) is 21.4 Å². The Bertz CT molecular complexity index is 713. The number of morpholine rings is 1. The summed E-state index contributed by atoms with van der Waals surface area (Å²) in [6, 6.07) is 2.07. The van der Waals surface area contributed by atoms with Crippen LogP contribution in [0.15, 0.2) is 12.4 Å². The molecule has 0 aromatic carbocycles. The molecule has 3 rings (SSSR count). The molecule has 2 aromatic rings. The van der Waals surface area contributed by atoms with Crippen LogP contribution >= 0.6 is 0 Å². The zero-order chi connectivity index (χ0) is 14.1. The van der Waals surface area contributed by atoms with Gasteiger partial charge in [0.1, 0.15) is 24.0 Å².